The maximum absolute atomic E-state index is 14.0. The van der Waals surface area contributed by atoms with E-state index < -0.39 is 11.9 Å². The number of ether oxygens (including phenoxy) is 1. The molecule has 0 radical (unpaired) electrons. The predicted octanol–water partition coefficient (Wildman–Crippen LogP) is 2.64. The van der Waals surface area contributed by atoms with Crippen LogP contribution in [0.5, 0.6) is 0 Å². The molecule has 1 aliphatic heterocycles. The Kier molecular flexibility index (Phi) is 13.0. The highest BCUT2D eigenvalue weighted by Gasteiger charge is 2.20. The smallest absolute Gasteiger partial charge is 0.241 e. The SMILES string of the molecule is CCC(C)C(N)C(=O)Nc1ccc(F)c(NC(=O)CCN2CCOCC2)c1.Cl.Cl. The molecule has 0 saturated carbocycles. The van der Waals surface area contributed by atoms with E-state index in [0.717, 1.165) is 19.5 Å². The van der Waals surface area contributed by atoms with Crippen molar-refractivity contribution in [3.8, 4) is 0 Å². The van der Waals surface area contributed by atoms with Crippen LogP contribution in [0.3, 0.4) is 0 Å². The first kappa shape index (κ1) is 27.5. The van der Waals surface area contributed by atoms with Crippen LogP contribution >= 0.6 is 24.8 Å². The van der Waals surface area contributed by atoms with Crippen LogP contribution in [0, 0.1) is 11.7 Å². The van der Waals surface area contributed by atoms with E-state index in [1.54, 1.807) is 0 Å². The minimum absolute atomic E-state index is 0. The number of halogens is 3. The van der Waals surface area contributed by atoms with Crippen molar-refractivity contribution in [1.82, 2.24) is 4.90 Å². The van der Waals surface area contributed by atoms with Crippen LogP contribution in [-0.2, 0) is 14.3 Å². The van der Waals surface area contributed by atoms with Gasteiger partial charge in [0.1, 0.15) is 5.82 Å². The molecule has 1 aromatic carbocycles. The van der Waals surface area contributed by atoms with Gasteiger partial charge in [0.15, 0.2) is 0 Å². The standard InChI is InChI=1S/C19H29FN4O3.2ClH/c1-3-13(2)18(21)19(26)22-14-4-5-15(20)16(12-14)23-17(25)6-7-24-8-10-27-11-9-24;;/h4-5,12-13,18H,3,6-11,21H2,1-2H3,(H,22,26)(H,23,25);2*1H. The van der Waals surface area contributed by atoms with E-state index in [2.05, 4.69) is 15.5 Å². The molecule has 0 spiro atoms. The molecule has 1 heterocycles. The van der Waals surface area contributed by atoms with Crippen LogP contribution < -0.4 is 16.4 Å². The van der Waals surface area contributed by atoms with Gasteiger partial charge in [-0.3, -0.25) is 14.5 Å². The van der Waals surface area contributed by atoms with E-state index >= 15 is 0 Å². The Morgan fingerprint density at radius 1 is 1.24 bits per heavy atom. The number of hydrogen-bond acceptors (Lipinski definition) is 5. The number of hydrogen-bond donors (Lipinski definition) is 3. The van der Waals surface area contributed by atoms with Crippen LogP contribution in [0.15, 0.2) is 18.2 Å². The number of nitrogens with zero attached hydrogens (tertiary/aromatic N) is 1. The lowest BCUT2D eigenvalue weighted by atomic mass is 9.99. The van der Waals surface area contributed by atoms with Gasteiger partial charge in [0, 0.05) is 31.7 Å². The highest BCUT2D eigenvalue weighted by molar-refractivity contribution is 5.96. The molecule has 2 unspecified atom stereocenters. The van der Waals surface area contributed by atoms with E-state index in [4.69, 9.17) is 10.5 Å². The summed E-state index contributed by atoms with van der Waals surface area (Å²) >= 11 is 0. The first-order valence-electron chi connectivity index (χ1n) is 9.36. The lowest BCUT2D eigenvalue weighted by Gasteiger charge is -2.26. The molecule has 0 bridgehead atoms. The van der Waals surface area contributed by atoms with Crippen molar-refractivity contribution in [1.29, 1.82) is 0 Å². The quantitative estimate of drug-likeness (QED) is 0.563. The molecule has 1 fully saturated rings. The van der Waals surface area contributed by atoms with Crippen molar-refractivity contribution in [2.75, 3.05) is 43.5 Å². The Morgan fingerprint density at radius 2 is 1.90 bits per heavy atom. The van der Waals surface area contributed by atoms with Crippen LogP contribution in [-0.4, -0.2) is 55.6 Å². The Balaban J connectivity index is 0.00000392. The zero-order valence-electron chi connectivity index (χ0n) is 16.8. The second-order valence-corrected chi connectivity index (χ2v) is 6.85. The number of amides is 2. The summed E-state index contributed by atoms with van der Waals surface area (Å²) in [5.74, 6) is -1.13. The summed E-state index contributed by atoms with van der Waals surface area (Å²) in [6, 6.07) is 3.41. The van der Waals surface area contributed by atoms with Crippen molar-refractivity contribution in [3.05, 3.63) is 24.0 Å². The average molecular weight is 453 g/mol. The third-order valence-electron chi connectivity index (χ3n) is 4.83. The molecule has 29 heavy (non-hydrogen) atoms. The van der Waals surface area contributed by atoms with Gasteiger partial charge < -0.3 is 21.1 Å². The van der Waals surface area contributed by atoms with E-state index in [1.807, 2.05) is 13.8 Å². The average Bonchev–Trinajstić information content (AvgIpc) is 2.68. The van der Waals surface area contributed by atoms with Crippen LogP contribution in [0.2, 0.25) is 0 Å². The number of anilines is 2. The minimum atomic E-state index is -0.647. The van der Waals surface area contributed by atoms with Gasteiger partial charge in [0.2, 0.25) is 11.8 Å². The molecule has 0 aliphatic carbocycles. The first-order valence-corrected chi connectivity index (χ1v) is 9.36. The van der Waals surface area contributed by atoms with E-state index in [9.17, 15) is 14.0 Å². The fraction of sp³-hybridized carbons (Fsp3) is 0.579. The number of morpholine rings is 1. The molecule has 10 heteroatoms. The van der Waals surface area contributed by atoms with Crippen molar-refractivity contribution < 1.29 is 18.7 Å². The predicted molar refractivity (Wildman–Crippen MR) is 117 cm³/mol. The Hall–Kier alpha value is -1.45. The maximum Gasteiger partial charge on any atom is 0.241 e. The summed E-state index contributed by atoms with van der Waals surface area (Å²) in [6.45, 7) is 7.36. The molecule has 7 nitrogen and oxygen atoms in total. The van der Waals surface area contributed by atoms with Gasteiger partial charge in [-0.15, -0.1) is 24.8 Å². The normalized spacial score (nSPS) is 16.0. The summed E-state index contributed by atoms with van der Waals surface area (Å²) in [5.41, 5.74) is 6.34. The highest BCUT2D eigenvalue weighted by atomic mass is 35.5. The second-order valence-electron chi connectivity index (χ2n) is 6.85. The molecule has 1 aliphatic rings. The summed E-state index contributed by atoms with van der Waals surface area (Å²) in [7, 11) is 0. The van der Waals surface area contributed by atoms with Gasteiger partial charge >= 0.3 is 0 Å². The number of nitrogens with one attached hydrogen (secondary N) is 2. The van der Waals surface area contributed by atoms with Crippen molar-refractivity contribution in [2.24, 2.45) is 11.7 Å². The Bertz CT molecular complexity index is 660. The molecule has 2 atom stereocenters. The Morgan fingerprint density at radius 3 is 2.52 bits per heavy atom. The number of carbonyl (C=O) groups excluding carboxylic acids is 2. The van der Waals surface area contributed by atoms with Gasteiger partial charge in [0.25, 0.3) is 0 Å². The summed E-state index contributed by atoms with van der Waals surface area (Å²) in [4.78, 5) is 26.4. The first-order chi connectivity index (χ1) is 12.9. The maximum atomic E-state index is 14.0. The summed E-state index contributed by atoms with van der Waals surface area (Å²) in [5, 5.41) is 5.25. The molecular formula is C19H31Cl2FN4O3. The third-order valence-corrected chi connectivity index (χ3v) is 4.83. The van der Waals surface area contributed by atoms with E-state index in [1.165, 1.54) is 18.2 Å². The van der Waals surface area contributed by atoms with Crippen molar-refractivity contribution in [3.63, 3.8) is 0 Å². The van der Waals surface area contributed by atoms with E-state index in [0.29, 0.717) is 25.4 Å². The number of rotatable bonds is 8. The van der Waals surface area contributed by atoms with E-state index in [-0.39, 0.29) is 54.7 Å². The van der Waals surface area contributed by atoms with Crippen LogP contribution in [0.4, 0.5) is 15.8 Å². The minimum Gasteiger partial charge on any atom is -0.379 e. The molecule has 1 saturated heterocycles. The van der Waals surface area contributed by atoms with Gasteiger partial charge in [-0.2, -0.15) is 0 Å². The summed E-state index contributed by atoms with van der Waals surface area (Å²) in [6.07, 6.45) is 1.04. The topological polar surface area (TPSA) is 96.7 Å². The molecular weight excluding hydrogens is 422 g/mol. The second kappa shape index (κ2) is 13.7. The fourth-order valence-corrected chi connectivity index (χ4v) is 2.73. The monoisotopic (exact) mass is 452 g/mol. The third kappa shape index (κ3) is 8.84. The molecule has 2 amide bonds. The lowest BCUT2D eigenvalue weighted by Crippen LogP contribution is -2.40. The largest absolute Gasteiger partial charge is 0.379 e. The summed E-state index contributed by atoms with van der Waals surface area (Å²) < 4.78 is 19.3. The molecule has 166 valence electrons. The number of nitrogens with two attached hydrogens (primary N) is 1. The molecule has 1 aromatic rings. The zero-order valence-corrected chi connectivity index (χ0v) is 18.4. The molecule has 0 aromatic heterocycles. The van der Waals surface area contributed by atoms with Crippen molar-refractivity contribution >= 4 is 48.0 Å². The Labute approximate surface area is 183 Å². The van der Waals surface area contributed by atoms with Crippen LogP contribution in [0.25, 0.3) is 0 Å². The van der Waals surface area contributed by atoms with Crippen LogP contribution in [0.1, 0.15) is 26.7 Å². The number of carbonyl (C=O) groups is 2. The lowest BCUT2D eigenvalue weighted by molar-refractivity contribution is -0.118. The van der Waals surface area contributed by atoms with Gasteiger partial charge in [-0.25, -0.2) is 4.39 Å². The zero-order chi connectivity index (χ0) is 19.8. The van der Waals surface area contributed by atoms with Gasteiger partial charge in [-0.1, -0.05) is 20.3 Å². The van der Waals surface area contributed by atoms with Gasteiger partial charge in [0.05, 0.1) is 24.9 Å². The fourth-order valence-electron chi connectivity index (χ4n) is 2.73. The molecule has 2 rings (SSSR count). The highest BCUT2D eigenvalue weighted by Crippen LogP contribution is 2.20. The van der Waals surface area contributed by atoms with Crippen molar-refractivity contribution in [2.45, 2.75) is 32.7 Å². The van der Waals surface area contributed by atoms with Gasteiger partial charge in [-0.05, 0) is 24.1 Å². The molecule has 4 N–H and O–H groups in total. The number of benzene rings is 1.